The molecule has 2 N–H and O–H groups in total. The van der Waals surface area contributed by atoms with E-state index >= 15 is 0 Å². The Morgan fingerprint density at radius 3 is 1.73 bits per heavy atom. The minimum atomic E-state index is -0.165. The van der Waals surface area contributed by atoms with Gasteiger partial charge in [-0.3, -0.25) is 0 Å². The molecule has 2 heterocycles. The van der Waals surface area contributed by atoms with Gasteiger partial charge in [0.15, 0.2) is 0 Å². The summed E-state index contributed by atoms with van der Waals surface area (Å²) < 4.78 is 0. The van der Waals surface area contributed by atoms with Gasteiger partial charge in [-0.1, -0.05) is 0 Å². The first kappa shape index (κ1) is 7.90. The minimum Gasteiger partial charge on any atom is -0.392 e. The number of hydrogen-bond acceptors (Lipinski definition) is 3. The van der Waals surface area contributed by atoms with Crippen LogP contribution in [-0.2, 0) is 0 Å². The van der Waals surface area contributed by atoms with E-state index in [1.165, 1.54) is 0 Å². The van der Waals surface area contributed by atoms with Crippen LogP contribution in [0.1, 0.15) is 25.7 Å². The van der Waals surface area contributed by atoms with E-state index in [0.717, 1.165) is 25.7 Å². The molecule has 0 saturated carbocycles. The predicted molar refractivity (Wildman–Crippen MR) is 45.6 cm³/mol. The molecule has 0 aromatic heterocycles. The lowest BCUT2D eigenvalue weighted by Gasteiger charge is -2.16. The topological polar surface area (TPSA) is 40.5 Å². The van der Waals surface area contributed by atoms with E-state index < -0.39 is 0 Å². The van der Waals surface area contributed by atoms with Gasteiger partial charge in [0.25, 0.3) is 0 Å². The van der Waals surface area contributed by atoms with Crippen LogP contribution in [0, 0.1) is 0 Å². The van der Waals surface area contributed by atoms with Crippen molar-refractivity contribution in [1.29, 1.82) is 0 Å². The highest BCUT2D eigenvalue weighted by Gasteiger charge is 2.37. The van der Waals surface area contributed by atoms with Crippen LogP contribution in [0.5, 0.6) is 0 Å². The highest BCUT2D eigenvalue weighted by molar-refractivity contribution is 8.00. The Hall–Kier alpha value is 0.270. The third kappa shape index (κ3) is 1.42. The summed E-state index contributed by atoms with van der Waals surface area (Å²) in [7, 11) is 0. The highest BCUT2D eigenvalue weighted by Crippen LogP contribution is 2.42. The van der Waals surface area contributed by atoms with Gasteiger partial charge in [0.05, 0.1) is 12.2 Å². The van der Waals surface area contributed by atoms with Crippen molar-refractivity contribution >= 4 is 11.8 Å². The van der Waals surface area contributed by atoms with Gasteiger partial charge in [0.2, 0.25) is 0 Å². The predicted octanol–water partition coefficient (Wildman–Crippen LogP) is 0.766. The van der Waals surface area contributed by atoms with Gasteiger partial charge >= 0.3 is 0 Å². The van der Waals surface area contributed by atoms with Crippen LogP contribution in [0.4, 0.5) is 0 Å². The van der Waals surface area contributed by atoms with Gasteiger partial charge < -0.3 is 10.2 Å². The first-order valence-electron chi connectivity index (χ1n) is 4.29. The largest absolute Gasteiger partial charge is 0.392 e. The Labute approximate surface area is 71.0 Å². The zero-order chi connectivity index (χ0) is 7.84. The van der Waals surface area contributed by atoms with E-state index in [9.17, 15) is 10.2 Å². The normalized spacial score (nSPS) is 50.7. The molecule has 0 aromatic carbocycles. The third-order valence-corrected chi connectivity index (χ3v) is 4.50. The van der Waals surface area contributed by atoms with Gasteiger partial charge in [-0.2, -0.15) is 0 Å². The van der Waals surface area contributed by atoms with Crippen LogP contribution in [0.3, 0.4) is 0 Å². The van der Waals surface area contributed by atoms with Gasteiger partial charge in [-0.05, 0) is 25.7 Å². The van der Waals surface area contributed by atoms with Crippen LogP contribution >= 0.6 is 11.8 Å². The molecular weight excluding hydrogens is 160 g/mol. The molecular formula is C8H14O2S. The zero-order valence-corrected chi connectivity index (χ0v) is 7.26. The molecule has 0 unspecified atom stereocenters. The molecule has 64 valence electrons. The molecule has 2 nitrogen and oxygen atoms in total. The Morgan fingerprint density at radius 1 is 0.818 bits per heavy atom. The molecule has 3 heteroatoms. The van der Waals surface area contributed by atoms with Crippen molar-refractivity contribution in [3.05, 3.63) is 0 Å². The number of rotatable bonds is 0. The van der Waals surface area contributed by atoms with Crippen molar-refractivity contribution in [2.45, 2.75) is 48.4 Å². The third-order valence-electron chi connectivity index (χ3n) is 2.70. The van der Waals surface area contributed by atoms with Gasteiger partial charge in [0, 0.05) is 10.5 Å². The molecule has 0 aliphatic carbocycles. The number of aliphatic hydroxyl groups is 2. The van der Waals surface area contributed by atoms with E-state index in [4.69, 9.17) is 0 Å². The molecule has 2 fully saturated rings. The average Bonchev–Trinajstić information content (AvgIpc) is 2.42. The summed E-state index contributed by atoms with van der Waals surface area (Å²) in [5.41, 5.74) is 0. The molecule has 0 spiro atoms. The average molecular weight is 174 g/mol. The molecule has 2 rings (SSSR count). The van der Waals surface area contributed by atoms with Crippen LogP contribution in [0.25, 0.3) is 0 Å². The number of hydrogen-bond donors (Lipinski definition) is 2. The molecule has 2 saturated heterocycles. The second-order valence-electron chi connectivity index (χ2n) is 3.50. The first-order valence-corrected chi connectivity index (χ1v) is 5.23. The molecule has 0 amide bonds. The lowest BCUT2D eigenvalue weighted by atomic mass is 9.97. The molecule has 4 atom stereocenters. The number of fused-ring (bicyclic) bond motifs is 2. The fourth-order valence-corrected chi connectivity index (χ4v) is 3.60. The van der Waals surface area contributed by atoms with E-state index in [1.54, 1.807) is 11.8 Å². The van der Waals surface area contributed by atoms with Gasteiger partial charge in [-0.15, -0.1) is 11.8 Å². The van der Waals surface area contributed by atoms with Crippen LogP contribution in [0.15, 0.2) is 0 Å². The van der Waals surface area contributed by atoms with Crippen molar-refractivity contribution in [3.63, 3.8) is 0 Å². The van der Waals surface area contributed by atoms with E-state index in [1.807, 2.05) is 0 Å². The second-order valence-corrected chi connectivity index (χ2v) is 4.99. The summed E-state index contributed by atoms with van der Waals surface area (Å²) in [6.45, 7) is 0. The van der Waals surface area contributed by atoms with Crippen molar-refractivity contribution in [3.8, 4) is 0 Å². The van der Waals surface area contributed by atoms with Gasteiger partial charge in [-0.25, -0.2) is 0 Å². The lowest BCUT2D eigenvalue weighted by Crippen LogP contribution is -2.22. The molecule has 2 bridgehead atoms. The molecule has 2 aliphatic heterocycles. The Kier molecular flexibility index (Phi) is 2.12. The van der Waals surface area contributed by atoms with Crippen molar-refractivity contribution in [1.82, 2.24) is 0 Å². The summed E-state index contributed by atoms with van der Waals surface area (Å²) in [6.07, 6.45) is 3.43. The van der Waals surface area contributed by atoms with Crippen LogP contribution in [0.2, 0.25) is 0 Å². The highest BCUT2D eigenvalue weighted by atomic mass is 32.2. The monoisotopic (exact) mass is 174 g/mol. The zero-order valence-electron chi connectivity index (χ0n) is 6.44. The van der Waals surface area contributed by atoms with E-state index in [-0.39, 0.29) is 12.2 Å². The van der Waals surface area contributed by atoms with Crippen molar-refractivity contribution in [2.24, 2.45) is 0 Å². The second kappa shape index (κ2) is 2.96. The summed E-state index contributed by atoms with van der Waals surface area (Å²) in [4.78, 5) is 0. The van der Waals surface area contributed by atoms with Crippen LogP contribution in [-0.4, -0.2) is 32.9 Å². The molecule has 11 heavy (non-hydrogen) atoms. The Bertz CT molecular complexity index is 135. The summed E-state index contributed by atoms with van der Waals surface area (Å²) in [6, 6.07) is 0. The lowest BCUT2D eigenvalue weighted by molar-refractivity contribution is 0.105. The summed E-state index contributed by atoms with van der Waals surface area (Å²) in [5, 5.41) is 20.0. The minimum absolute atomic E-state index is 0.165. The number of aliphatic hydroxyl groups excluding tert-OH is 2. The standard InChI is InChI=1S/C8H14O2S/c9-5-1-2-6(10)8-4-3-7(5)11-8/h5-10H,1-4H2/t5-,6+,7-,8-/m0/s1. The maximum atomic E-state index is 9.56. The molecule has 0 radical (unpaired) electrons. The Balaban J connectivity index is 2.07. The van der Waals surface area contributed by atoms with Gasteiger partial charge in [0.1, 0.15) is 0 Å². The van der Waals surface area contributed by atoms with E-state index in [0.29, 0.717) is 10.5 Å². The van der Waals surface area contributed by atoms with Crippen LogP contribution < -0.4 is 0 Å². The SMILES string of the molecule is O[C@@H]1CC[C@H](O)[C@@H]2CC[C@@H]1S2. The quantitative estimate of drug-likeness (QED) is 0.570. The summed E-state index contributed by atoms with van der Waals surface area (Å²) >= 11 is 1.79. The maximum Gasteiger partial charge on any atom is 0.0659 e. The van der Waals surface area contributed by atoms with Crippen molar-refractivity contribution in [2.75, 3.05) is 0 Å². The molecule has 0 aromatic rings. The Morgan fingerprint density at radius 2 is 1.27 bits per heavy atom. The smallest absolute Gasteiger partial charge is 0.0659 e. The van der Waals surface area contributed by atoms with E-state index in [2.05, 4.69) is 0 Å². The fourth-order valence-electron chi connectivity index (χ4n) is 1.97. The first-order chi connectivity index (χ1) is 5.27. The van der Waals surface area contributed by atoms with Crippen molar-refractivity contribution < 1.29 is 10.2 Å². The maximum absolute atomic E-state index is 9.56. The number of thioether (sulfide) groups is 1. The summed E-state index contributed by atoms with van der Waals surface area (Å²) in [5.74, 6) is 0. The molecule has 2 aliphatic rings. The fraction of sp³-hybridized carbons (Fsp3) is 1.00.